The van der Waals surface area contributed by atoms with Crippen LogP contribution in [0.25, 0.3) is 0 Å². The van der Waals surface area contributed by atoms with Gasteiger partial charge in [-0.25, -0.2) is 0 Å². The number of benzene rings is 1. The molecule has 1 aromatic carbocycles. The van der Waals surface area contributed by atoms with E-state index in [9.17, 15) is 26.4 Å². The first-order valence-corrected chi connectivity index (χ1v) is 6.28. The SMILES string of the molecule is Cc1cc(OS(=O)(=O)C(F)(F)F)cc(C)c1C(N)=O. The highest BCUT2D eigenvalue weighted by Gasteiger charge is 2.48. The molecule has 0 unspecified atom stereocenters. The van der Waals surface area contributed by atoms with Crippen molar-refractivity contribution in [2.24, 2.45) is 5.73 Å². The van der Waals surface area contributed by atoms with E-state index in [0.717, 1.165) is 12.1 Å². The van der Waals surface area contributed by atoms with Gasteiger partial charge in [0.05, 0.1) is 0 Å². The van der Waals surface area contributed by atoms with Gasteiger partial charge < -0.3 is 9.92 Å². The van der Waals surface area contributed by atoms with Crippen LogP contribution in [0, 0.1) is 13.8 Å². The molecule has 0 heterocycles. The maximum absolute atomic E-state index is 12.1. The van der Waals surface area contributed by atoms with Crippen molar-refractivity contribution in [2.45, 2.75) is 19.4 Å². The van der Waals surface area contributed by atoms with Gasteiger partial charge in [0, 0.05) is 5.56 Å². The highest BCUT2D eigenvalue weighted by molar-refractivity contribution is 7.88. The number of aryl methyl sites for hydroxylation is 2. The summed E-state index contributed by atoms with van der Waals surface area (Å²) in [6, 6.07) is 1.99. The predicted molar refractivity (Wildman–Crippen MR) is 60.0 cm³/mol. The topological polar surface area (TPSA) is 86.5 Å². The van der Waals surface area contributed by atoms with Crippen molar-refractivity contribution >= 4 is 16.0 Å². The summed E-state index contributed by atoms with van der Waals surface area (Å²) in [7, 11) is -5.73. The molecule has 0 aliphatic heterocycles. The van der Waals surface area contributed by atoms with Crippen LogP contribution in [0.3, 0.4) is 0 Å². The number of nitrogens with two attached hydrogens (primary N) is 1. The second kappa shape index (κ2) is 4.72. The van der Waals surface area contributed by atoms with Gasteiger partial charge in [-0.05, 0) is 37.1 Å². The Bertz CT molecular complexity index is 599. The van der Waals surface area contributed by atoms with Gasteiger partial charge in [-0.2, -0.15) is 21.6 Å². The molecule has 9 heteroatoms. The van der Waals surface area contributed by atoms with Gasteiger partial charge in [-0.3, -0.25) is 4.79 Å². The molecule has 106 valence electrons. The minimum absolute atomic E-state index is 0.108. The first-order chi connectivity index (χ1) is 8.45. The second-order valence-corrected chi connectivity index (χ2v) is 5.32. The zero-order valence-electron chi connectivity index (χ0n) is 9.91. The van der Waals surface area contributed by atoms with E-state index < -0.39 is 27.3 Å². The summed E-state index contributed by atoms with van der Waals surface area (Å²) in [5.74, 6) is -1.29. The van der Waals surface area contributed by atoms with Gasteiger partial charge in [0.15, 0.2) is 0 Å². The average molecular weight is 297 g/mol. The summed E-state index contributed by atoms with van der Waals surface area (Å²) in [6.45, 7) is 2.81. The van der Waals surface area contributed by atoms with Crippen LogP contribution in [-0.2, 0) is 10.1 Å². The molecular formula is C10H10F3NO4S. The molecule has 1 rings (SSSR count). The molecular weight excluding hydrogens is 287 g/mol. The van der Waals surface area contributed by atoms with Crippen molar-refractivity contribution in [1.29, 1.82) is 0 Å². The minimum atomic E-state index is -5.73. The Labute approximate surface area is 107 Å². The number of amides is 1. The van der Waals surface area contributed by atoms with Crippen molar-refractivity contribution in [2.75, 3.05) is 0 Å². The molecule has 19 heavy (non-hydrogen) atoms. The van der Waals surface area contributed by atoms with Gasteiger partial charge in [0.25, 0.3) is 0 Å². The van der Waals surface area contributed by atoms with E-state index >= 15 is 0 Å². The van der Waals surface area contributed by atoms with Gasteiger partial charge in [0.2, 0.25) is 5.91 Å². The van der Waals surface area contributed by atoms with Crippen LogP contribution in [0.5, 0.6) is 5.75 Å². The highest BCUT2D eigenvalue weighted by Crippen LogP contribution is 2.29. The van der Waals surface area contributed by atoms with E-state index in [0.29, 0.717) is 0 Å². The van der Waals surface area contributed by atoms with Crippen LogP contribution in [0.4, 0.5) is 13.2 Å². The van der Waals surface area contributed by atoms with Crippen molar-refractivity contribution in [3.8, 4) is 5.75 Å². The Balaban J connectivity index is 3.24. The standard InChI is InChI=1S/C10H10F3NO4S/c1-5-3-7(4-6(2)8(5)9(14)15)18-19(16,17)10(11,12)13/h3-4H,1-2H3,(H2,14,15). The van der Waals surface area contributed by atoms with Crippen molar-refractivity contribution in [3.63, 3.8) is 0 Å². The second-order valence-electron chi connectivity index (χ2n) is 3.78. The zero-order valence-corrected chi connectivity index (χ0v) is 10.7. The van der Waals surface area contributed by atoms with Gasteiger partial charge >= 0.3 is 15.6 Å². The summed E-state index contributed by atoms with van der Waals surface area (Å²) in [4.78, 5) is 11.1. The Morgan fingerprint density at radius 2 is 1.63 bits per heavy atom. The fourth-order valence-electron chi connectivity index (χ4n) is 1.53. The lowest BCUT2D eigenvalue weighted by atomic mass is 10.0. The maximum atomic E-state index is 12.1. The van der Waals surface area contributed by atoms with E-state index in [1.807, 2.05) is 0 Å². The molecule has 1 amide bonds. The molecule has 0 saturated carbocycles. The molecule has 0 atom stereocenters. The molecule has 0 spiro atoms. The van der Waals surface area contributed by atoms with Crippen molar-refractivity contribution < 1.29 is 30.6 Å². The molecule has 5 nitrogen and oxygen atoms in total. The molecule has 1 aromatic rings. The third-order valence-electron chi connectivity index (χ3n) is 2.24. The van der Waals surface area contributed by atoms with Gasteiger partial charge in [-0.15, -0.1) is 0 Å². The van der Waals surface area contributed by atoms with Gasteiger partial charge in [-0.1, -0.05) is 0 Å². The summed E-state index contributed by atoms with van der Waals surface area (Å²) in [5.41, 5.74) is 0.120. The van der Waals surface area contributed by atoms with E-state index in [4.69, 9.17) is 5.73 Å². The van der Waals surface area contributed by atoms with E-state index in [1.54, 1.807) is 0 Å². The van der Waals surface area contributed by atoms with Crippen molar-refractivity contribution in [3.05, 3.63) is 28.8 Å². The van der Waals surface area contributed by atoms with E-state index in [-0.39, 0.29) is 16.7 Å². The molecule has 0 aromatic heterocycles. The Hall–Kier alpha value is -1.77. The summed E-state index contributed by atoms with van der Waals surface area (Å²) in [6.07, 6.45) is 0. The third kappa shape index (κ3) is 3.16. The number of hydrogen-bond donors (Lipinski definition) is 1. The Kier molecular flexibility index (Phi) is 3.80. The third-order valence-corrected chi connectivity index (χ3v) is 3.22. The van der Waals surface area contributed by atoms with E-state index in [2.05, 4.69) is 4.18 Å². The summed E-state index contributed by atoms with van der Waals surface area (Å²) >= 11 is 0. The zero-order chi connectivity index (χ0) is 15.0. The van der Waals surface area contributed by atoms with Crippen LogP contribution in [0.2, 0.25) is 0 Å². The lowest BCUT2D eigenvalue weighted by Crippen LogP contribution is -2.28. The van der Waals surface area contributed by atoms with E-state index in [1.165, 1.54) is 13.8 Å². The number of primary amides is 1. The predicted octanol–water partition coefficient (Wildman–Crippen LogP) is 1.63. The molecule has 0 radical (unpaired) electrons. The van der Waals surface area contributed by atoms with Crippen LogP contribution < -0.4 is 9.92 Å². The lowest BCUT2D eigenvalue weighted by Gasteiger charge is -2.12. The molecule has 2 N–H and O–H groups in total. The number of carbonyl (C=O) groups is 1. The van der Waals surface area contributed by atoms with Crippen molar-refractivity contribution in [1.82, 2.24) is 0 Å². The molecule has 0 aliphatic carbocycles. The number of carbonyl (C=O) groups excluding carboxylic acids is 1. The molecule has 0 saturated heterocycles. The molecule has 0 fully saturated rings. The number of alkyl halides is 3. The van der Waals surface area contributed by atoms with Crippen LogP contribution in [0.15, 0.2) is 12.1 Å². The maximum Gasteiger partial charge on any atom is 0.534 e. The summed E-state index contributed by atoms with van der Waals surface area (Å²) in [5, 5.41) is 0. The largest absolute Gasteiger partial charge is 0.534 e. The normalized spacial score (nSPS) is 12.3. The molecule has 0 bridgehead atoms. The first-order valence-electron chi connectivity index (χ1n) is 4.87. The van der Waals surface area contributed by atoms with Crippen LogP contribution in [-0.4, -0.2) is 19.8 Å². The number of halogens is 3. The van der Waals surface area contributed by atoms with Crippen LogP contribution in [0.1, 0.15) is 21.5 Å². The fourth-order valence-corrected chi connectivity index (χ4v) is 1.98. The lowest BCUT2D eigenvalue weighted by molar-refractivity contribution is -0.0500. The summed E-state index contributed by atoms with van der Waals surface area (Å²) < 4.78 is 62.0. The fraction of sp³-hybridized carbons (Fsp3) is 0.300. The number of hydrogen-bond acceptors (Lipinski definition) is 4. The number of rotatable bonds is 3. The molecule has 0 aliphatic rings. The Morgan fingerprint density at radius 1 is 1.21 bits per heavy atom. The Morgan fingerprint density at radius 3 is 1.95 bits per heavy atom. The average Bonchev–Trinajstić information content (AvgIpc) is 2.12. The smallest absolute Gasteiger partial charge is 0.376 e. The first kappa shape index (κ1) is 15.3. The quantitative estimate of drug-likeness (QED) is 0.678. The minimum Gasteiger partial charge on any atom is -0.376 e. The van der Waals surface area contributed by atoms with Gasteiger partial charge in [0.1, 0.15) is 5.75 Å². The monoisotopic (exact) mass is 297 g/mol. The van der Waals surface area contributed by atoms with Crippen LogP contribution >= 0.6 is 0 Å². The highest BCUT2D eigenvalue weighted by atomic mass is 32.2.